The number of piperazine rings is 1. The molecule has 1 aromatic rings. The zero-order valence-electron chi connectivity index (χ0n) is 9.32. The van der Waals surface area contributed by atoms with E-state index < -0.39 is 0 Å². The number of nitrogens with zero attached hydrogens (tertiary/aromatic N) is 2. The van der Waals surface area contributed by atoms with Crippen molar-refractivity contribution in [2.75, 3.05) is 38.1 Å². The molecule has 1 aliphatic rings. The van der Waals surface area contributed by atoms with Crippen molar-refractivity contribution in [3.8, 4) is 0 Å². The van der Waals surface area contributed by atoms with Crippen molar-refractivity contribution >= 4 is 12.0 Å². The predicted molar refractivity (Wildman–Crippen MR) is 61.5 cm³/mol. The molecule has 86 valence electrons. The molecule has 0 atom stereocenters. The minimum Gasteiger partial charge on any atom is -0.368 e. The minimum atomic E-state index is -0.361. The first-order valence-corrected chi connectivity index (χ1v) is 5.39. The molecule has 1 aliphatic heterocycles. The topological polar surface area (TPSA) is 23.6 Å². The average molecular weight is 222 g/mol. The number of aldehydes is 1. The third-order valence-electron chi connectivity index (χ3n) is 2.96. The molecule has 0 saturated carbocycles. The van der Waals surface area contributed by atoms with Crippen LogP contribution in [0, 0.1) is 5.82 Å². The highest BCUT2D eigenvalue weighted by molar-refractivity contribution is 5.84. The maximum absolute atomic E-state index is 13.0. The third-order valence-corrected chi connectivity index (χ3v) is 2.96. The largest absolute Gasteiger partial charge is 0.368 e. The summed E-state index contributed by atoms with van der Waals surface area (Å²) in [5, 5.41) is 0. The molecule has 0 unspecified atom stereocenters. The smallest absolute Gasteiger partial charge is 0.152 e. The second kappa shape index (κ2) is 4.61. The lowest BCUT2D eigenvalue weighted by atomic mass is 10.1. The van der Waals surface area contributed by atoms with Crippen LogP contribution in [-0.4, -0.2) is 44.4 Å². The van der Waals surface area contributed by atoms with E-state index in [0.717, 1.165) is 38.2 Å². The zero-order chi connectivity index (χ0) is 11.5. The summed E-state index contributed by atoms with van der Waals surface area (Å²) < 4.78 is 13.0. The van der Waals surface area contributed by atoms with E-state index in [2.05, 4.69) is 16.8 Å². The molecule has 0 N–H and O–H groups in total. The number of hydrogen-bond donors (Lipinski definition) is 0. The third kappa shape index (κ3) is 2.22. The fraction of sp³-hybridized carbons (Fsp3) is 0.417. The van der Waals surface area contributed by atoms with Gasteiger partial charge in [0.15, 0.2) is 6.29 Å². The van der Waals surface area contributed by atoms with Gasteiger partial charge in [0.05, 0.1) is 0 Å². The summed E-state index contributed by atoms with van der Waals surface area (Å²) in [4.78, 5) is 15.2. The molecule has 1 heterocycles. The number of benzene rings is 1. The number of hydrogen-bond acceptors (Lipinski definition) is 3. The fourth-order valence-corrected chi connectivity index (χ4v) is 1.96. The van der Waals surface area contributed by atoms with Crippen molar-refractivity contribution in [2.24, 2.45) is 0 Å². The van der Waals surface area contributed by atoms with E-state index in [0.29, 0.717) is 5.56 Å². The molecule has 1 fully saturated rings. The van der Waals surface area contributed by atoms with Crippen LogP contribution in [0.15, 0.2) is 18.2 Å². The molecule has 4 heteroatoms. The van der Waals surface area contributed by atoms with Crippen molar-refractivity contribution in [1.29, 1.82) is 0 Å². The van der Waals surface area contributed by atoms with E-state index in [-0.39, 0.29) is 5.82 Å². The molecule has 0 amide bonds. The van der Waals surface area contributed by atoms with Gasteiger partial charge in [-0.15, -0.1) is 0 Å². The van der Waals surface area contributed by atoms with E-state index >= 15 is 0 Å². The van der Waals surface area contributed by atoms with Crippen LogP contribution in [0.2, 0.25) is 0 Å². The van der Waals surface area contributed by atoms with E-state index in [1.54, 1.807) is 6.07 Å². The molecule has 0 bridgehead atoms. The van der Waals surface area contributed by atoms with Gasteiger partial charge in [0, 0.05) is 37.4 Å². The van der Waals surface area contributed by atoms with Crippen LogP contribution < -0.4 is 4.90 Å². The number of anilines is 1. The monoisotopic (exact) mass is 222 g/mol. The summed E-state index contributed by atoms with van der Waals surface area (Å²) >= 11 is 0. The lowest BCUT2D eigenvalue weighted by Crippen LogP contribution is -2.44. The van der Waals surface area contributed by atoms with Gasteiger partial charge in [0.1, 0.15) is 5.82 Å². The van der Waals surface area contributed by atoms with Crippen molar-refractivity contribution < 1.29 is 9.18 Å². The Labute approximate surface area is 94.5 Å². The van der Waals surface area contributed by atoms with E-state index in [1.165, 1.54) is 12.1 Å². The van der Waals surface area contributed by atoms with Gasteiger partial charge in [-0.3, -0.25) is 4.79 Å². The van der Waals surface area contributed by atoms with E-state index in [1.807, 2.05) is 0 Å². The second-order valence-corrected chi connectivity index (χ2v) is 4.11. The van der Waals surface area contributed by atoms with Gasteiger partial charge in [-0.1, -0.05) is 0 Å². The average Bonchev–Trinajstić information content (AvgIpc) is 2.30. The summed E-state index contributed by atoms with van der Waals surface area (Å²) in [5.74, 6) is -0.361. The van der Waals surface area contributed by atoms with Gasteiger partial charge in [-0.25, -0.2) is 4.39 Å². The van der Waals surface area contributed by atoms with Crippen molar-refractivity contribution in [3.05, 3.63) is 29.6 Å². The Hall–Kier alpha value is -1.42. The van der Waals surface area contributed by atoms with Crippen molar-refractivity contribution in [1.82, 2.24) is 4.90 Å². The van der Waals surface area contributed by atoms with Gasteiger partial charge in [-0.05, 0) is 25.2 Å². The van der Waals surface area contributed by atoms with Crippen LogP contribution in [0.25, 0.3) is 0 Å². The first kappa shape index (κ1) is 11.1. The molecule has 16 heavy (non-hydrogen) atoms. The maximum Gasteiger partial charge on any atom is 0.152 e. The summed E-state index contributed by atoms with van der Waals surface area (Å²) in [5.41, 5.74) is 1.27. The number of halogens is 1. The molecule has 1 saturated heterocycles. The lowest BCUT2D eigenvalue weighted by molar-refractivity contribution is 0.112. The summed E-state index contributed by atoms with van der Waals surface area (Å²) in [6.07, 6.45) is 0.719. The van der Waals surface area contributed by atoms with Gasteiger partial charge in [0.2, 0.25) is 0 Å². The molecule has 3 nitrogen and oxygen atoms in total. The highest BCUT2D eigenvalue weighted by Gasteiger charge is 2.16. The van der Waals surface area contributed by atoms with Gasteiger partial charge in [0.25, 0.3) is 0 Å². The molecule has 0 spiro atoms. The Morgan fingerprint density at radius 2 is 1.94 bits per heavy atom. The lowest BCUT2D eigenvalue weighted by Gasteiger charge is -2.34. The zero-order valence-corrected chi connectivity index (χ0v) is 9.32. The van der Waals surface area contributed by atoms with Crippen LogP contribution in [0.5, 0.6) is 0 Å². The van der Waals surface area contributed by atoms with Crippen LogP contribution in [0.4, 0.5) is 10.1 Å². The highest BCUT2D eigenvalue weighted by Crippen LogP contribution is 2.21. The van der Waals surface area contributed by atoms with Crippen LogP contribution in [-0.2, 0) is 0 Å². The molecule has 2 rings (SSSR count). The SMILES string of the molecule is CN1CCN(c2ccc(F)cc2C=O)CC1. The molecule has 0 radical (unpaired) electrons. The van der Waals surface area contributed by atoms with Gasteiger partial charge in [-0.2, -0.15) is 0 Å². The normalized spacial score (nSPS) is 17.5. The molecular weight excluding hydrogens is 207 g/mol. The number of rotatable bonds is 2. The first-order chi connectivity index (χ1) is 7.70. The minimum absolute atomic E-state index is 0.361. The fourth-order valence-electron chi connectivity index (χ4n) is 1.96. The van der Waals surface area contributed by atoms with Crippen molar-refractivity contribution in [3.63, 3.8) is 0 Å². The standard InChI is InChI=1S/C12H15FN2O/c1-14-4-6-15(7-5-14)12-3-2-11(13)8-10(12)9-16/h2-3,8-9H,4-7H2,1H3. The second-order valence-electron chi connectivity index (χ2n) is 4.11. The van der Waals surface area contributed by atoms with Crippen LogP contribution in [0.1, 0.15) is 10.4 Å². The van der Waals surface area contributed by atoms with Gasteiger partial charge >= 0.3 is 0 Å². The van der Waals surface area contributed by atoms with E-state index in [9.17, 15) is 9.18 Å². The number of carbonyl (C=O) groups is 1. The van der Waals surface area contributed by atoms with Gasteiger partial charge < -0.3 is 9.80 Å². The Balaban J connectivity index is 2.23. The molecular formula is C12H15FN2O. The summed E-state index contributed by atoms with van der Waals surface area (Å²) in [6.45, 7) is 3.69. The van der Waals surface area contributed by atoms with E-state index in [4.69, 9.17) is 0 Å². The highest BCUT2D eigenvalue weighted by atomic mass is 19.1. The maximum atomic E-state index is 13.0. The quantitative estimate of drug-likeness (QED) is 0.706. The Morgan fingerprint density at radius 1 is 1.25 bits per heavy atom. The van der Waals surface area contributed by atoms with Crippen LogP contribution in [0.3, 0.4) is 0 Å². The predicted octanol–water partition coefficient (Wildman–Crippen LogP) is 1.39. The summed E-state index contributed by atoms with van der Waals surface area (Å²) in [6, 6.07) is 4.38. The first-order valence-electron chi connectivity index (χ1n) is 5.39. The number of carbonyl (C=O) groups excluding carboxylic acids is 1. The van der Waals surface area contributed by atoms with Crippen molar-refractivity contribution in [2.45, 2.75) is 0 Å². The Kier molecular flexibility index (Phi) is 3.19. The molecule has 1 aromatic carbocycles. The molecule has 0 aromatic heterocycles. The molecule has 0 aliphatic carbocycles. The van der Waals surface area contributed by atoms with Crippen LogP contribution >= 0.6 is 0 Å². The Morgan fingerprint density at radius 3 is 2.56 bits per heavy atom. The number of likely N-dealkylation sites (N-methyl/N-ethyl adjacent to an activating group) is 1. The summed E-state index contributed by atoms with van der Waals surface area (Å²) in [7, 11) is 2.07. The Bertz CT molecular complexity index is 387.